The SMILES string of the molecule is O=S(=O)(O)c1cc[c-]cc1.O=S(O)OS(=O)O.[Na+]. The van der Waals surface area contributed by atoms with Crippen LogP contribution in [0.2, 0.25) is 0 Å². The van der Waals surface area contributed by atoms with Gasteiger partial charge in [-0.1, -0.05) is 0 Å². The molecule has 1 aromatic carbocycles. The van der Waals surface area contributed by atoms with Crippen LogP contribution in [0.3, 0.4) is 0 Å². The van der Waals surface area contributed by atoms with Gasteiger partial charge in [0.1, 0.15) is 0 Å². The normalized spacial score (nSPS) is 13.5. The van der Waals surface area contributed by atoms with E-state index in [1.54, 1.807) is 0 Å². The zero-order valence-corrected chi connectivity index (χ0v) is 13.4. The number of hydrogen-bond acceptors (Lipinski definition) is 5. The van der Waals surface area contributed by atoms with Crippen molar-refractivity contribution in [3.63, 3.8) is 0 Å². The molecule has 0 bridgehead atoms. The monoisotopic (exact) mass is 326 g/mol. The second-order valence-electron chi connectivity index (χ2n) is 2.21. The first-order chi connectivity index (χ1) is 7.73. The zero-order valence-electron chi connectivity index (χ0n) is 8.92. The van der Waals surface area contributed by atoms with Crippen molar-refractivity contribution >= 4 is 32.8 Å². The van der Waals surface area contributed by atoms with Gasteiger partial charge in [-0.25, -0.2) is 0 Å². The van der Waals surface area contributed by atoms with Gasteiger partial charge in [-0.05, 0) is 4.90 Å². The molecule has 0 unspecified atom stereocenters. The molecule has 12 heteroatoms. The summed E-state index contributed by atoms with van der Waals surface area (Å²) in [5.74, 6) is 0. The van der Waals surface area contributed by atoms with Crippen LogP contribution in [0.5, 0.6) is 0 Å². The summed E-state index contributed by atoms with van der Waals surface area (Å²) in [6, 6.07) is 8.02. The van der Waals surface area contributed by atoms with Crippen molar-refractivity contribution in [1.82, 2.24) is 0 Å². The van der Waals surface area contributed by atoms with E-state index in [-0.39, 0.29) is 34.5 Å². The van der Waals surface area contributed by atoms with E-state index in [2.05, 4.69) is 9.70 Å². The minimum Gasteiger partial charge on any atom is -0.283 e. The quantitative estimate of drug-likeness (QED) is 0.231. The van der Waals surface area contributed by atoms with Gasteiger partial charge in [0.2, 0.25) is 0 Å². The van der Waals surface area contributed by atoms with Crippen molar-refractivity contribution in [2.24, 2.45) is 0 Å². The van der Waals surface area contributed by atoms with E-state index in [9.17, 15) is 16.8 Å². The van der Waals surface area contributed by atoms with Gasteiger partial charge in [0, 0.05) is 0 Å². The van der Waals surface area contributed by atoms with E-state index in [1.807, 2.05) is 0 Å². The van der Waals surface area contributed by atoms with Crippen molar-refractivity contribution in [3.05, 3.63) is 30.3 Å². The molecule has 1 aromatic rings. The minimum absolute atomic E-state index is 0. The summed E-state index contributed by atoms with van der Waals surface area (Å²) in [6.45, 7) is 0. The topological polar surface area (TPSA) is 138 Å². The van der Waals surface area contributed by atoms with E-state index in [0.29, 0.717) is 0 Å². The average Bonchev–Trinajstić information content (AvgIpc) is 2.16. The molecule has 0 aliphatic rings. The van der Waals surface area contributed by atoms with Gasteiger partial charge in [-0.2, -0.15) is 35.0 Å². The Morgan fingerprint density at radius 2 is 1.50 bits per heavy atom. The van der Waals surface area contributed by atoms with Gasteiger partial charge in [0.05, 0.1) is 0 Å². The zero-order chi connectivity index (χ0) is 13.5. The van der Waals surface area contributed by atoms with Crippen LogP contribution in [0, 0.1) is 6.07 Å². The van der Waals surface area contributed by atoms with Crippen LogP contribution >= 0.6 is 0 Å². The van der Waals surface area contributed by atoms with Crippen molar-refractivity contribution < 1.29 is 63.7 Å². The second kappa shape index (κ2) is 10.1. The van der Waals surface area contributed by atoms with Crippen molar-refractivity contribution in [3.8, 4) is 0 Å². The molecule has 18 heavy (non-hydrogen) atoms. The molecule has 0 aliphatic heterocycles. The maximum atomic E-state index is 10.4. The summed E-state index contributed by atoms with van der Waals surface area (Å²) >= 11 is -5.29. The maximum Gasteiger partial charge on any atom is 1.00 e. The van der Waals surface area contributed by atoms with Crippen LogP contribution in [0.25, 0.3) is 0 Å². The van der Waals surface area contributed by atoms with E-state index >= 15 is 0 Å². The van der Waals surface area contributed by atoms with Crippen LogP contribution in [-0.2, 0) is 36.5 Å². The fourth-order valence-corrected chi connectivity index (χ4v) is 1.47. The first kappa shape index (κ1) is 20.6. The largest absolute Gasteiger partial charge is 1.00 e. The maximum absolute atomic E-state index is 10.4. The second-order valence-corrected chi connectivity index (χ2v) is 5.05. The molecule has 0 heterocycles. The van der Waals surface area contributed by atoms with Crippen LogP contribution in [0.4, 0.5) is 0 Å². The molecule has 3 N–H and O–H groups in total. The first-order valence-electron chi connectivity index (χ1n) is 3.57. The molecule has 8 nitrogen and oxygen atoms in total. The van der Waals surface area contributed by atoms with Gasteiger partial charge in [0.25, 0.3) is 10.1 Å². The Morgan fingerprint density at radius 1 is 1.11 bits per heavy atom. The molecule has 0 atom stereocenters. The molecule has 0 radical (unpaired) electrons. The molecule has 0 fully saturated rings. The van der Waals surface area contributed by atoms with Crippen LogP contribution in [0.1, 0.15) is 0 Å². The standard InChI is InChI=1S/C6H5O3S.Na.H2O5S2/c7-10(8,9)6-4-2-1-3-5-6;;1-6(2)5-7(3)4/h2-5H,(H,7,8,9);;(H,1,2)(H,3,4)/q-1;+1;. The van der Waals surface area contributed by atoms with Crippen molar-refractivity contribution in [2.45, 2.75) is 4.90 Å². The van der Waals surface area contributed by atoms with Gasteiger partial charge < -0.3 is 0 Å². The molecular formula is C6H7NaO8S3. The van der Waals surface area contributed by atoms with Crippen molar-refractivity contribution in [2.75, 3.05) is 0 Å². The van der Waals surface area contributed by atoms with Gasteiger partial charge in [0.15, 0.2) is 0 Å². The molecule has 0 saturated carbocycles. The van der Waals surface area contributed by atoms with Crippen LogP contribution < -0.4 is 29.6 Å². The minimum atomic E-state index is -4.02. The average molecular weight is 326 g/mol. The fraction of sp³-hybridized carbons (Fsp3) is 0. The Balaban J connectivity index is 0. The van der Waals surface area contributed by atoms with Gasteiger partial charge >= 0.3 is 52.3 Å². The molecule has 0 spiro atoms. The first-order valence-corrected chi connectivity index (χ1v) is 7.08. The Bertz CT molecular complexity index is 475. The summed E-state index contributed by atoms with van der Waals surface area (Å²) in [5.41, 5.74) is 0. The molecule has 1 rings (SSSR count). The predicted molar refractivity (Wildman–Crippen MR) is 57.7 cm³/mol. The molecular weight excluding hydrogens is 319 g/mol. The number of rotatable bonds is 3. The Kier molecular flexibility index (Phi) is 11.6. The summed E-state index contributed by atoms with van der Waals surface area (Å²) in [7, 11) is -4.02. The third-order valence-electron chi connectivity index (χ3n) is 1.10. The Hall–Kier alpha value is 0.310. The van der Waals surface area contributed by atoms with Gasteiger partial charge in [-0.15, -0.1) is 15.8 Å². The number of benzene rings is 1. The fourth-order valence-electron chi connectivity index (χ4n) is 0.593. The van der Waals surface area contributed by atoms with E-state index < -0.39 is 32.8 Å². The molecule has 0 aliphatic carbocycles. The van der Waals surface area contributed by atoms with Crippen LogP contribution in [-0.4, -0.2) is 30.5 Å². The molecule has 0 amide bonds. The van der Waals surface area contributed by atoms with Crippen molar-refractivity contribution in [1.29, 1.82) is 0 Å². The molecule has 98 valence electrons. The predicted octanol–water partition coefficient (Wildman–Crippen LogP) is -2.99. The molecule has 0 saturated heterocycles. The third-order valence-corrected chi connectivity index (χ3v) is 2.90. The summed E-state index contributed by atoms with van der Waals surface area (Å²) in [5, 5.41) is 0. The summed E-state index contributed by atoms with van der Waals surface area (Å²) in [6.07, 6.45) is 0. The Morgan fingerprint density at radius 3 is 1.67 bits per heavy atom. The Labute approximate surface area is 131 Å². The van der Waals surface area contributed by atoms with Crippen LogP contribution in [0.15, 0.2) is 29.2 Å². The third kappa shape index (κ3) is 11.4. The number of hydrogen-bond donors (Lipinski definition) is 3. The summed E-state index contributed by atoms with van der Waals surface area (Å²) < 4.78 is 66.4. The summed E-state index contributed by atoms with van der Waals surface area (Å²) in [4.78, 5) is -0.105. The van der Waals surface area contributed by atoms with E-state index in [0.717, 1.165) is 0 Å². The molecule has 0 aromatic heterocycles. The smallest absolute Gasteiger partial charge is 0.283 e. The van der Waals surface area contributed by atoms with E-state index in [4.69, 9.17) is 13.7 Å². The van der Waals surface area contributed by atoms with E-state index in [1.165, 1.54) is 24.3 Å². The van der Waals surface area contributed by atoms with Gasteiger partial charge in [-0.3, -0.25) is 13.7 Å².